The molecule has 1 aromatic carbocycles. The second-order valence-corrected chi connectivity index (χ2v) is 9.29. The highest BCUT2D eigenvalue weighted by Crippen LogP contribution is 2.31. The van der Waals surface area contributed by atoms with Gasteiger partial charge in [-0.05, 0) is 73.9 Å². The van der Waals surface area contributed by atoms with E-state index in [1.54, 1.807) is 10.7 Å². The highest BCUT2D eigenvalue weighted by Gasteiger charge is 2.21. The number of halogens is 1. The molecule has 40 heavy (non-hydrogen) atoms. The van der Waals surface area contributed by atoms with Crippen molar-refractivity contribution < 1.29 is 13.9 Å². The van der Waals surface area contributed by atoms with Crippen LogP contribution in [0.3, 0.4) is 0 Å². The quantitative estimate of drug-likeness (QED) is 0.287. The molecule has 0 unspecified atom stereocenters. The van der Waals surface area contributed by atoms with E-state index in [-0.39, 0.29) is 0 Å². The van der Waals surface area contributed by atoms with Crippen molar-refractivity contribution in [2.24, 2.45) is 0 Å². The molecule has 11 heteroatoms. The first-order valence-electron chi connectivity index (χ1n) is 12.8. The Morgan fingerprint density at radius 3 is 2.80 bits per heavy atom. The highest BCUT2D eigenvalue weighted by molar-refractivity contribution is 5.92. The van der Waals surface area contributed by atoms with Crippen molar-refractivity contribution in [1.29, 1.82) is 0 Å². The van der Waals surface area contributed by atoms with E-state index in [9.17, 15) is 9.18 Å². The number of rotatable bonds is 6. The second-order valence-electron chi connectivity index (χ2n) is 9.29. The summed E-state index contributed by atoms with van der Waals surface area (Å²) in [5.74, 6) is 0.623. The van der Waals surface area contributed by atoms with Gasteiger partial charge in [0.05, 0.1) is 11.2 Å². The van der Waals surface area contributed by atoms with Crippen LogP contribution < -0.4 is 10.1 Å². The van der Waals surface area contributed by atoms with Crippen LogP contribution in [0.25, 0.3) is 22.3 Å². The summed E-state index contributed by atoms with van der Waals surface area (Å²) in [6, 6.07) is 13.2. The maximum atomic E-state index is 13.7. The Morgan fingerprint density at radius 2 is 2.00 bits per heavy atom. The number of anilines is 2. The number of benzene rings is 1. The van der Waals surface area contributed by atoms with Crippen molar-refractivity contribution in [3.05, 3.63) is 90.6 Å². The van der Waals surface area contributed by atoms with Crippen LogP contribution in [0.5, 0.6) is 11.5 Å². The van der Waals surface area contributed by atoms with E-state index in [4.69, 9.17) is 9.72 Å². The second kappa shape index (κ2) is 10.5. The van der Waals surface area contributed by atoms with Crippen molar-refractivity contribution in [2.45, 2.75) is 20.3 Å². The average Bonchev–Trinajstić information content (AvgIpc) is 3.46. The van der Waals surface area contributed by atoms with Gasteiger partial charge in [-0.25, -0.2) is 28.8 Å². The van der Waals surface area contributed by atoms with E-state index < -0.39 is 11.7 Å². The molecule has 1 N–H and O–H groups in total. The molecule has 5 heterocycles. The van der Waals surface area contributed by atoms with E-state index in [0.717, 1.165) is 22.5 Å². The van der Waals surface area contributed by atoms with Gasteiger partial charge >= 0.3 is 0 Å². The Bertz CT molecular complexity index is 1810. The minimum absolute atomic E-state index is 0.325. The summed E-state index contributed by atoms with van der Waals surface area (Å²) in [5, 5.41) is 7.46. The molecule has 0 saturated carbocycles. The van der Waals surface area contributed by atoms with Crippen LogP contribution in [-0.2, 0) is 4.79 Å². The van der Waals surface area contributed by atoms with Crippen LogP contribution in [0.15, 0.2) is 79.3 Å². The molecule has 4 aromatic heterocycles. The highest BCUT2D eigenvalue weighted by atomic mass is 19.1. The van der Waals surface area contributed by atoms with E-state index in [1.165, 1.54) is 30.6 Å². The number of carbonyl (C=O) groups is 1. The van der Waals surface area contributed by atoms with Crippen LogP contribution in [0, 0.1) is 6.92 Å². The Labute approximate surface area is 228 Å². The number of hydrogen-bond donors (Lipinski definition) is 1. The predicted octanol–water partition coefficient (Wildman–Crippen LogP) is 5.40. The molecule has 0 spiro atoms. The summed E-state index contributed by atoms with van der Waals surface area (Å²) in [6.45, 7) is 4.22. The molecule has 1 aliphatic heterocycles. The Morgan fingerprint density at radius 1 is 1.10 bits per heavy atom. The number of pyridine rings is 2. The first-order chi connectivity index (χ1) is 19.5. The molecule has 6 rings (SSSR count). The smallest absolute Gasteiger partial charge is 0.282 e. The maximum absolute atomic E-state index is 13.7. The molecule has 1 aliphatic rings. The number of aryl methyl sites for hydroxylation is 1. The Kier molecular flexibility index (Phi) is 6.61. The van der Waals surface area contributed by atoms with E-state index in [2.05, 4.69) is 25.4 Å². The summed E-state index contributed by atoms with van der Waals surface area (Å²) >= 11 is 0. The lowest BCUT2D eigenvalue weighted by atomic mass is 10.0. The summed E-state index contributed by atoms with van der Waals surface area (Å²) in [7, 11) is 0. The van der Waals surface area contributed by atoms with Crippen LogP contribution in [0.2, 0.25) is 0 Å². The number of ether oxygens (including phenoxy) is 1. The van der Waals surface area contributed by atoms with Gasteiger partial charge in [0.15, 0.2) is 17.3 Å². The molecule has 0 bridgehead atoms. The lowest BCUT2D eigenvalue weighted by molar-refractivity contribution is -0.128. The van der Waals surface area contributed by atoms with Gasteiger partial charge in [-0.2, -0.15) is 5.10 Å². The van der Waals surface area contributed by atoms with Gasteiger partial charge < -0.3 is 15.0 Å². The fraction of sp³-hybridized carbons (Fsp3) is 0.172. The number of aromatic nitrogens is 6. The number of nitrogens with one attached hydrogen (secondary N) is 1. The zero-order valence-corrected chi connectivity index (χ0v) is 21.9. The maximum Gasteiger partial charge on any atom is 0.282 e. The van der Waals surface area contributed by atoms with Gasteiger partial charge in [-0.15, -0.1) is 0 Å². The van der Waals surface area contributed by atoms with Gasteiger partial charge in [0.1, 0.15) is 29.7 Å². The summed E-state index contributed by atoms with van der Waals surface area (Å²) < 4.78 is 21.5. The van der Waals surface area contributed by atoms with E-state index in [0.29, 0.717) is 53.5 Å². The lowest BCUT2D eigenvalue weighted by Gasteiger charge is -2.25. The van der Waals surface area contributed by atoms with Crippen molar-refractivity contribution in [3.8, 4) is 11.5 Å². The molecular weight excluding hydrogens is 511 g/mol. The third-order valence-corrected chi connectivity index (χ3v) is 6.68. The topological polar surface area (TPSA) is 110 Å². The first-order valence-corrected chi connectivity index (χ1v) is 12.8. The van der Waals surface area contributed by atoms with Crippen LogP contribution in [0.4, 0.5) is 15.9 Å². The number of amides is 1. The number of nitrogens with zero attached hydrogens (tertiary/aromatic N) is 7. The fourth-order valence-electron chi connectivity index (χ4n) is 4.54. The van der Waals surface area contributed by atoms with Gasteiger partial charge in [0, 0.05) is 31.0 Å². The van der Waals surface area contributed by atoms with Crippen LogP contribution in [-0.4, -0.2) is 53.4 Å². The normalized spacial score (nSPS) is 13.9. The standard InChI is InChI=1S/C29H25FN8O2/c1-3-22(30)29(39)37-11-8-19(9-12-37)23-5-6-24-27(36-23)28(33-16-31-24)35-20-4-7-25(18(2)14-20)40-21-10-13-38-26(15-21)32-17-34-38/h3-8,10,13-17H,9,11-12H2,1-2H3,(H,31,33,35). The average molecular weight is 537 g/mol. The molecule has 0 aliphatic carbocycles. The lowest BCUT2D eigenvalue weighted by Crippen LogP contribution is -2.34. The molecule has 0 fully saturated rings. The Balaban J connectivity index is 1.22. The fourth-order valence-corrected chi connectivity index (χ4v) is 4.54. The zero-order valence-electron chi connectivity index (χ0n) is 21.9. The summed E-state index contributed by atoms with van der Waals surface area (Å²) in [4.78, 5) is 31.5. The summed E-state index contributed by atoms with van der Waals surface area (Å²) in [6.07, 6.45) is 8.46. The molecule has 1 amide bonds. The van der Waals surface area contributed by atoms with Crippen LogP contribution in [0.1, 0.15) is 24.6 Å². The van der Waals surface area contributed by atoms with Crippen molar-refractivity contribution >= 4 is 39.7 Å². The van der Waals surface area contributed by atoms with Crippen molar-refractivity contribution in [3.63, 3.8) is 0 Å². The van der Waals surface area contributed by atoms with E-state index in [1.807, 2.05) is 55.5 Å². The molecule has 0 radical (unpaired) electrons. The van der Waals surface area contributed by atoms with Gasteiger partial charge in [0.25, 0.3) is 5.91 Å². The first kappa shape index (κ1) is 25.1. The van der Waals surface area contributed by atoms with Gasteiger partial charge in [-0.3, -0.25) is 4.79 Å². The van der Waals surface area contributed by atoms with Crippen molar-refractivity contribution in [1.82, 2.24) is 34.4 Å². The number of carbonyl (C=O) groups excluding carboxylic acids is 1. The SMILES string of the molecule is CC=C(F)C(=O)N1CC=C(c2ccc3ncnc(Nc4ccc(Oc5ccn6ncnc6c5)c(C)c4)c3n2)CC1. The predicted molar refractivity (Wildman–Crippen MR) is 149 cm³/mol. The minimum Gasteiger partial charge on any atom is -0.457 e. The third kappa shape index (κ3) is 4.96. The minimum atomic E-state index is -0.739. The number of hydrogen-bond acceptors (Lipinski definition) is 8. The number of fused-ring (bicyclic) bond motifs is 2. The largest absolute Gasteiger partial charge is 0.457 e. The molecule has 10 nitrogen and oxygen atoms in total. The third-order valence-electron chi connectivity index (χ3n) is 6.68. The zero-order chi connectivity index (χ0) is 27.6. The van der Waals surface area contributed by atoms with Crippen LogP contribution >= 0.6 is 0 Å². The van der Waals surface area contributed by atoms with Gasteiger partial charge in [0.2, 0.25) is 0 Å². The van der Waals surface area contributed by atoms with Gasteiger partial charge in [-0.1, -0.05) is 6.08 Å². The molecule has 0 atom stereocenters. The molecule has 200 valence electrons. The van der Waals surface area contributed by atoms with Crippen molar-refractivity contribution in [2.75, 3.05) is 18.4 Å². The monoisotopic (exact) mass is 536 g/mol. The molecular formula is C29H25FN8O2. The summed E-state index contributed by atoms with van der Waals surface area (Å²) in [5.41, 5.74) is 5.54. The Hall–Kier alpha value is -5.19. The molecule has 0 saturated heterocycles. The van der Waals surface area contributed by atoms with E-state index >= 15 is 0 Å². The number of allylic oxidation sites excluding steroid dienone is 1. The molecule has 5 aromatic rings.